The number of ether oxygens (including phenoxy) is 2. The fraction of sp³-hybridized carbons (Fsp3) is 0.907. The Hall–Kier alpha value is -1.07. The predicted molar refractivity (Wildman–Crippen MR) is 272 cm³/mol. The lowest BCUT2D eigenvalue weighted by molar-refractivity contribution is -0.164. The van der Waals surface area contributed by atoms with Gasteiger partial charge in [0.05, 0.1) is 25.2 Å². The van der Waals surface area contributed by atoms with Crippen LogP contribution in [0.3, 0.4) is 0 Å². The Kier molecular flexibility index (Phi) is 45.3. The van der Waals surface area contributed by atoms with Crippen LogP contribution in [0.1, 0.15) is 240 Å². The van der Waals surface area contributed by atoms with E-state index in [2.05, 4.69) is 56.1 Å². The van der Waals surface area contributed by atoms with Crippen LogP contribution >= 0.6 is 0 Å². The number of nitrogens with zero attached hydrogens (tertiary/aromatic N) is 1. The van der Waals surface area contributed by atoms with Crippen LogP contribution in [0.5, 0.6) is 0 Å². The first-order valence-corrected chi connectivity index (χ1v) is 29.8. The molecule has 374 valence electrons. The van der Waals surface area contributed by atoms with Crippen molar-refractivity contribution >= 4 is 14.5 Å². The highest BCUT2D eigenvalue weighted by molar-refractivity contribution is 6.64. The minimum absolute atomic E-state index is 0.118. The zero-order valence-corrected chi connectivity index (χ0v) is 43.8. The lowest BCUT2D eigenvalue weighted by atomic mass is 9.89. The highest BCUT2D eigenvalue weighted by atomic mass is 28.4. The molecule has 9 heteroatoms. The van der Waals surface area contributed by atoms with Crippen LogP contribution in [0.15, 0.2) is 24.3 Å². The van der Waals surface area contributed by atoms with Crippen LogP contribution in [-0.2, 0) is 23.1 Å². The van der Waals surface area contributed by atoms with E-state index < -0.39 is 20.3 Å². The van der Waals surface area contributed by atoms with Crippen molar-refractivity contribution in [2.75, 3.05) is 52.7 Å². The van der Waals surface area contributed by atoms with Crippen molar-refractivity contribution in [2.24, 2.45) is 5.41 Å². The fourth-order valence-corrected chi connectivity index (χ4v) is 9.48. The Morgan fingerprint density at radius 1 is 0.524 bits per heavy atom. The Balaban J connectivity index is 4.65. The molecule has 1 atom stereocenters. The van der Waals surface area contributed by atoms with Gasteiger partial charge in [-0.15, -0.1) is 0 Å². The summed E-state index contributed by atoms with van der Waals surface area (Å²) in [4.78, 5) is 15.5. The van der Waals surface area contributed by atoms with E-state index in [0.29, 0.717) is 39.3 Å². The SMILES string of the molecule is CCCCCCCC/C=C\CCCCCCCCOC(=O)C(C)(C)CC(OCCCCCCCC/C=C\CCCCCCCC)O[Si](C)(C)OCCCCCCN(CCO)CCO. The number of allylic oxidation sites excluding steroid dienone is 4. The number of aliphatic hydroxyl groups excluding tert-OH is 2. The topological polar surface area (TPSA) is 97.7 Å². The fourth-order valence-electron chi connectivity index (χ4n) is 7.99. The average Bonchev–Trinajstić information content (AvgIpc) is 3.25. The van der Waals surface area contributed by atoms with E-state index in [-0.39, 0.29) is 19.2 Å². The van der Waals surface area contributed by atoms with E-state index in [4.69, 9.17) is 18.3 Å². The number of hydrogen-bond donors (Lipinski definition) is 2. The second kappa shape index (κ2) is 46.1. The molecule has 0 fully saturated rings. The molecule has 8 nitrogen and oxygen atoms in total. The first-order chi connectivity index (χ1) is 30.6. The predicted octanol–water partition coefficient (Wildman–Crippen LogP) is 14.9. The number of carbonyl (C=O) groups excluding carboxylic acids is 1. The van der Waals surface area contributed by atoms with Crippen molar-refractivity contribution in [3.05, 3.63) is 24.3 Å². The molecule has 0 aromatic heterocycles. The van der Waals surface area contributed by atoms with Crippen LogP contribution in [-0.4, -0.2) is 88.6 Å². The summed E-state index contributed by atoms with van der Waals surface area (Å²) in [5.74, 6) is -0.179. The summed E-state index contributed by atoms with van der Waals surface area (Å²) >= 11 is 0. The van der Waals surface area contributed by atoms with Gasteiger partial charge in [-0.25, -0.2) is 0 Å². The molecule has 0 spiro atoms. The van der Waals surface area contributed by atoms with Crippen molar-refractivity contribution < 1.29 is 33.3 Å². The molecule has 0 aliphatic rings. The Bertz CT molecular complexity index is 1020. The highest BCUT2D eigenvalue weighted by Crippen LogP contribution is 2.29. The van der Waals surface area contributed by atoms with Gasteiger partial charge in [0.15, 0.2) is 6.29 Å². The minimum atomic E-state index is -2.54. The maximum atomic E-state index is 13.4. The first-order valence-electron chi connectivity index (χ1n) is 27.0. The van der Waals surface area contributed by atoms with Crippen LogP contribution in [0.2, 0.25) is 13.1 Å². The van der Waals surface area contributed by atoms with Gasteiger partial charge >= 0.3 is 14.5 Å². The van der Waals surface area contributed by atoms with E-state index in [1.54, 1.807) is 0 Å². The summed E-state index contributed by atoms with van der Waals surface area (Å²) < 4.78 is 25.3. The molecular formula is C54H107NO7Si. The smallest absolute Gasteiger partial charge is 0.333 e. The molecular weight excluding hydrogens is 803 g/mol. The van der Waals surface area contributed by atoms with Crippen LogP contribution < -0.4 is 0 Å². The highest BCUT2D eigenvalue weighted by Gasteiger charge is 2.37. The zero-order chi connectivity index (χ0) is 46.4. The second-order valence-electron chi connectivity index (χ2n) is 19.5. The third kappa shape index (κ3) is 43.3. The van der Waals surface area contributed by atoms with E-state index in [9.17, 15) is 15.0 Å². The molecule has 1 unspecified atom stereocenters. The molecule has 0 aliphatic carbocycles. The normalized spacial score (nSPS) is 13.0. The molecule has 0 bridgehead atoms. The Morgan fingerprint density at radius 2 is 0.905 bits per heavy atom. The quantitative estimate of drug-likeness (QED) is 0.0205. The van der Waals surface area contributed by atoms with Crippen molar-refractivity contribution in [1.82, 2.24) is 4.90 Å². The molecule has 63 heavy (non-hydrogen) atoms. The molecule has 0 amide bonds. The summed E-state index contributed by atoms with van der Waals surface area (Å²) in [6.07, 6.45) is 49.0. The summed E-state index contributed by atoms with van der Waals surface area (Å²) in [5.41, 5.74) is -0.735. The minimum Gasteiger partial charge on any atom is -0.465 e. The van der Waals surface area contributed by atoms with Crippen molar-refractivity contribution in [3.63, 3.8) is 0 Å². The number of unbranched alkanes of at least 4 members (excludes halogenated alkanes) is 27. The lowest BCUT2D eigenvalue weighted by Crippen LogP contribution is -2.43. The molecule has 2 N–H and O–H groups in total. The van der Waals surface area contributed by atoms with E-state index in [0.717, 1.165) is 57.9 Å². The maximum Gasteiger partial charge on any atom is 0.333 e. The van der Waals surface area contributed by atoms with Crippen LogP contribution in [0.25, 0.3) is 0 Å². The van der Waals surface area contributed by atoms with Crippen molar-refractivity contribution in [2.45, 2.75) is 259 Å². The molecule has 0 aromatic carbocycles. The number of rotatable bonds is 50. The third-order valence-corrected chi connectivity index (χ3v) is 13.9. The van der Waals surface area contributed by atoms with Gasteiger partial charge in [-0.05, 0) is 111 Å². The van der Waals surface area contributed by atoms with Crippen molar-refractivity contribution in [3.8, 4) is 0 Å². The van der Waals surface area contributed by atoms with Gasteiger partial charge < -0.3 is 28.5 Å². The summed E-state index contributed by atoms with van der Waals surface area (Å²) in [7, 11) is -2.54. The molecule has 0 aromatic rings. The Labute approximate surface area is 392 Å². The average molecular weight is 911 g/mol. The standard InChI is InChI=1S/C54H107NO7Si/c1-7-9-11-13-15-17-19-21-23-25-27-29-31-33-36-40-48-59-52(62-63(5,6)61-50-42-38-35-39-43-55(44-46-56)45-47-57)51-54(3,4)53(58)60-49-41-37-34-32-30-28-26-24-22-20-18-16-14-12-10-8-2/h21-24,52,56-57H,7-20,25-51H2,1-6H3/b23-21-,24-22-. The van der Waals surface area contributed by atoms with Gasteiger partial charge in [0.2, 0.25) is 0 Å². The largest absolute Gasteiger partial charge is 0.465 e. The van der Waals surface area contributed by atoms with Gasteiger partial charge in [-0.1, -0.05) is 167 Å². The number of hydrogen-bond acceptors (Lipinski definition) is 8. The van der Waals surface area contributed by atoms with Crippen LogP contribution in [0, 0.1) is 5.41 Å². The first kappa shape index (κ1) is 61.9. The zero-order valence-electron chi connectivity index (χ0n) is 42.8. The van der Waals surface area contributed by atoms with Crippen LogP contribution in [0.4, 0.5) is 0 Å². The van der Waals surface area contributed by atoms with E-state index in [1.165, 1.54) is 154 Å². The van der Waals surface area contributed by atoms with Gasteiger partial charge in [0.25, 0.3) is 0 Å². The third-order valence-electron chi connectivity index (χ3n) is 12.1. The number of aliphatic hydroxyl groups is 2. The van der Waals surface area contributed by atoms with Crippen molar-refractivity contribution in [1.29, 1.82) is 0 Å². The number of carbonyl (C=O) groups is 1. The summed E-state index contributed by atoms with van der Waals surface area (Å²) in [6.45, 7) is 16.7. The monoisotopic (exact) mass is 910 g/mol. The lowest BCUT2D eigenvalue weighted by Gasteiger charge is -2.33. The van der Waals surface area contributed by atoms with Gasteiger partial charge in [0, 0.05) is 32.7 Å². The van der Waals surface area contributed by atoms with Gasteiger partial charge in [-0.2, -0.15) is 0 Å². The number of esters is 1. The molecule has 0 heterocycles. The summed E-state index contributed by atoms with van der Waals surface area (Å²) in [6, 6.07) is 0. The molecule has 0 radical (unpaired) electrons. The maximum absolute atomic E-state index is 13.4. The second-order valence-corrected chi connectivity index (χ2v) is 22.8. The molecule has 0 saturated heterocycles. The Morgan fingerprint density at radius 3 is 1.35 bits per heavy atom. The van der Waals surface area contributed by atoms with Gasteiger partial charge in [0.1, 0.15) is 0 Å². The molecule has 0 rings (SSSR count). The molecule has 0 aliphatic heterocycles. The van der Waals surface area contributed by atoms with E-state index in [1.807, 2.05) is 13.8 Å². The summed E-state index contributed by atoms with van der Waals surface area (Å²) in [5, 5.41) is 18.5. The van der Waals surface area contributed by atoms with Gasteiger partial charge in [-0.3, -0.25) is 9.69 Å². The van der Waals surface area contributed by atoms with E-state index >= 15 is 0 Å². The molecule has 0 saturated carbocycles.